The van der Waals surface area contributed by atoms with Crippen molar-refractivity contribution >= 4 is 27.7 Å². The van der Waals surface area contributed by atoms with E-state index >= 15 is 0 Å². The maximum atomic E-state index is 12.7. The predicted molar refractivity (Wildman–Crippen MR) is 112 cm³/mol. The molecule has 1 amide bonds. The van der Waals surface area contributed by atoms with Crippen molar-refractivity contribution in [2.75, 3.05) is 25.5 Å². The highest BCUT2D eigenvalue weighted by Crippen LogP contribution is 2.33. The molecule has 1 N–H and O–H groups in total. The van der Waals surface area contributed by atoms with Crippen molar-refractivity contribution in [3.63, 3.8) is 0 Å². The van der Waals surface area contributed by atoms with E-state index in [2.05, 4.69) is 10.1 Å². The smallest absolute Gasteiger partial charge is 0.387 e. The van der Waals surface area contributed by atoms with Gasteiger partial charge >= 0.3 is 6.61 Å². The topological polar surface area (TPSA) is 84.9 Å². The molecule has 7 nitrogen and oxygen atoms in total. The number of hydrogen-bond acceptors (Lipinski definition) is 5. The van der Waals surface area contributed by atoms with Crippen molar-refractivity contribution in [3.8, 4) is 11.5 Å². The molecule has 0 aliphatic carbocycles. The summed E-state index contributed by atoms with van der Waals surface area (Å²) in [4.78, 5) is 12.4. The second-order valence-electron chi connectivity index (χ2n) is 6.72. The second kappa shape index (κ2) is 9.88. The van der Waals surface area contributed by atoms with Crippen molar-refractivity contribution < 1.29 is 31.5 Å². The molecule has 10 heteroatoms. The fourth-order valence-corrected chi connectivity index (χ4v) is 4.69. The molecule has 31 heavy (non-hydrogen) atoms. The van der Waals surface area contributed by atoms with Gasteiger partial charge in [-0.2, -0.15) is 13.1 Å². The van der Waals surface area contributed by atoms with Gasteiger partial charge in [-0.15, -0.1) is 0 Å². The molecule has 1 aliphatic heterocycles. The van der Waals surface area contributed by atoms with Gasteiger partial charge in [0, 0.05) is 30.4 Å². The SMILES string of the molecule is COc1cccc(/C=C/C(=O)Nc2ccc(S(=O)(=O)N3CCCC3)cc2)c1OC(F)F. The highest BCUT2D eigenvalue weighted by Gasteiger charge is 2.26. The van der Waals surface area contributed by atoms with Crippen molar-refractivity contribution in [2.24, 2.45) is 0 Å². The van der Waals surface area contributed by atoms with Gasteiger partial charge < -0.3 is 14.8 Å². The molecule has 0 spiro atoms. The van der Waals surface area contributed by atoms with E-state index in [-0.39, 0.29) is 22.0 Å². The van der Waals surface area contributed by atoms with Crippen molar-refractivity contribution in [1.29, 1.82) is 0 Å². The van der Waals surface area contributed by atoms with Crippen LogP contribution in [-0.4, -0.2) is 45.4 Å². The summed E-state index contributed by atoms with van der Waals surface area (Å²) in [7, 11) is -2.21. The number of anilines is 1. The molecule has 0 unspecified atom stereocenters. The monoisotopic (exact) mass is 452 g/mol. The zero-order valence-electron chi connectivity index (χ0n) is 16.8. The Kier molecular flexibility index (Phi) is 7.24. The molecule has 1 fully saturated rings. The predicted octanol–water partition coefficient (Wildman–Crippen LogP) is 3.73. The Morgan fingerprint density at radius 1 is 1.13 bits per heavy atom. The van der Waals surface area contributed by atoms with E-state index in [0.717, 1.165) is 18.9 Å². The Morgan fingerprint density at radius 2 is 1.81 bits per heavy atom. The number of nitrogens with one attached hydrogen (secondary N) is 1. The lowest BCUT2D eigenvalue weighted by Gasteiger charge is -2.15. The number of hydrogen-bond donors (Lipinski definition) is 1. The number of ether oxygens (including phenoxy) is 2. The molecule has 166 valence electrons. The Labute approximate surface area is 179 Å². The molecule has 2 aromatic rings. The number of amides is 1. The third-order valence-electron chi connectivity index (χ3n) is 4.68. The summed E-state index contributed by atoms with van der Waals surface area (Å²) in [6.45, 7) is -2.03. The maximum absolute atomic E-state index is 12.7. The molecule has 3 rings (SSSR count). The van der Waals surface area contributed by atoms with Gasteiger partial charge in [-0.05, 0) is 49.2 Å². The third-order valence-corrected chi connectivity index (χ3v) is 6.59. The summed E-state index contributed by atoms with van der Waals surface area (Å²) in [5.74, 6) is -0.598. The van der Waals surface area contributed by atoms with Gasteiger partial charge in [-0.1, -0.05) is 12.1 Å². The van der Waals surface area contributed by atoms with E-state index in [4.69, 9.17) is 4.74 Å². The number of carbonyl (C=O) groups excluding carboxylic acids is 1. The van der Waals surface area contributed by atoms with E-state index in [0.29, 0.717) is 18.8 Å². The molecule has 0 saturated carbocycles. The van der Waals surface area contributed by atoms with Crippen LogP contribution in [0.4, 0.5) is 14.5 Å². The van der Waals surface area contributed by atoms with Crippen molar-refractivity contribution in [1.82, 2.24) is 4.31 Å². The van der Waals surface area contributed by atoms with Crippen LogP contribution in [0.3, 0.4) is 0 Å². The van der Waals surface area contributed by atoms with Crippen molar-refractivity contribution in [2.45, 2.75) is 24.3 Å². The van der Waals surface area contributed by atoms with Crippen LogP contribution in [0.2, 0.25) is 0 Å². The van der Waals surface area contributed by atoms with Crippen LogP contribution in [0.25, 0.3) is 6.08 Å². The van der Waals surface area contributed by atoms with E-state index in [1.165, 1.54) is 53.9 Å². The average molecular weight is 452 g/mol. The van der Waals surface area contributed by atoms with E-state index in [1.807, 2.05) is 0 Å². The first kappa shape index (κ1) is 22.7. The van der Waals surface area contributed by atoms with Crippen LogP contribution in [0.15, 0.2) is 53.4 Å². The zero-order valence-corrected chi connectivity index (χ0v) is 17.6. The molecular weight excluding hydrogens is 430 g/mol. The van der Waals surface area contributed by atoms with Crippen LogP contribution < -0.4 is 14.8 Å². The summed E-state index contributed by atoms with van der Waals surface area (Å²) in [5, 5.41) is 2.59. The highest BCUT2D eigenvalue weighted by molar-refractivity contribution is 7.89. The van der Waals surface area contributed by atoms with Crippen molar-refractivity contribution in [3.05, 3.63) is 54.1 Å². The van der Waals surface area contributed by atoms with Gasteiger partial charge in [0.15, 0.2) is 11.5 Å². The van der Waals surface area contributed by atoms with Gasteiger partial charge in [0.25, 0.3) is 0 Å². The highest BCUT2D eigenvalue weighted by atomic mass is 32.2. The van der Waals surface area contributed by atoms with E-state index in [9.17, 15) is 22.0 Å². The molecule has 0 bridgehead atoms. The summed E-state index contributed by atoms with van der Waals surface area (Å²) in [6, 6.07) is 10.4. The summed E-state index contributed by atoms with van der Waals surface area (Å²) in [5.41, 5.74) is 0.631. The lowest BCUT2D eigenvalue weighted by Crippen LogP contribution is -2.27. The third kappa shape index (κ3) is 5.59. The van der Waals surface area contributed by atoms with Crippen LogP contribution in [-0.2, 0) is 14.8 Å². The number of carbonyl (C=O) groups is 1. The van der Waals surface area contributed by atoms with Crippen LogP contribution in [0.1, 0.15) is 18.4 Å². The first-order valence-corrected chi connectivity index (χ1v) is 11.0. The molecule has 1 saturated heterocycles. The zero-order chi connectivity index (χ0) is 22.4. The molecule has 0 atom stereocenters. The standard InChI is InChI=1S/C21H22F2N2O5S/c1-29-18-6-4-5-15(20(18)30-21(22)23)7-12-19(26)24-16-8-10-17(11-9-16)31(27,28)25-13-2-3-14-25/h4-12,21H,2-3,13-14H2,1H3,(H,24,26)/b12-7+. The number of methoxy groups -OCH3 is 1. The van der Waals surface area contributed by atoms with E-state index < -0.39 is 22.5 Å². The van der Waals surface area contributed by atoms with Crippen LogP contribution in [0.5, 0.6) is 11.5 Å². The largest absolute Gasteiger partial charge is 0.493 e. The molecule has 0 radical (unpaired) electrons. The summed E-state index contributed by atoms with van der Waals surface area (Å²) < 4.78 is 61.4. The Morgan fingerprint density at radius 3 is 2.42 bits per heavy atom. The number of sulfonamides is 1. The van der Waals surface area contributed by atoms with Gasteiger partial charge in [0.05, 0.1) is 12.0 Å². The summed E-state index contributed by atoms with van der Waals surface area (Å²) in [6.07, 6.45) is 4.16. The number of nitrogens with zero attached hydrogens (tertiary/aromatic N) is 1. The van der Waals surface area contributed by atoms with Gasteiger partial charge in [-0.3, -0.25) is 4.79 Å². The Hall–Kier alpha value is -2.98. The molecule has 1 aliphatic rings. The number of halogens is 2. The minimum atomic E-state index is -3.53. The number of alkyl halides is 2. The maximum Gasteiger partial charge on any atom is 0.387 e. The number of benzene rings is 2. The van der Waals surface area contributed by atoms with Gasteiger partial charge in [-0.25, -0.2) is 8.42 Å². The van der Waals surface area contributed by atoms with Crippen LogP contribution >= 0.6 is 0 Å². The Balaban J connectivity index is 1.69. The molecule has 1 heterocycles. The second-order valence-corrected chi connectivity index (χ2v) is 8.65. The Bertz CT molecular complexity index is 1050. The minimum Gasteiger partial charge on any atom is -0.493 e. The lowest BCUT2D eigenvalue weighted by atomic mass is 10.1. The normalized spacial score (nSPS) is 14.8. The lowest BCUT2D eigenvalue weighted by molar-refractivity contribution is -0.111. The quantitative estimate of drug-likeness (QED) is 0.617. The molecule has 2 aromatic carbocycles. The van der Waals surface area contributed by atoms with Gasteiger partial charge in [0.2, 0.25) is 15.9 Å². The fraction of sp³-hybridized carbons (Fsp3) is 0.286. The van der Waals surface area contributed by atoms with Crippen LogP contribution in [0, 0.1) is 0 Å². The minimum absolute atomic E-state index is 0.109. The van der Waals surface area contributed by atoms with E-state index in [1.54, 1.807) is 6.07 Å². The number of para-hydroxylation sites is 1. The number of rotatable bonds is 8. The molecular formula is C21H22F2N2O5S. The average Bonchev–Trinajstić information content (AvgIpc) is 3.29. The summed E-state index contributed by atoms with van der Waals surface area (Å²) >= 11 is 0. The fourth-order valence-electron chi connectivity index (χ4n) is 3.18. The first-order valence-electron chi connectivity index (χ1n) is 9.52. The first-order chi connectivity index (χ1) is 14.8. The molecule has 0 aromatic heterocycles. The van der Waals surface area contributed by atoms with Gasteiger partial charge in [0.1, 0.15) is 0 Å².